The highest BCUT2D eigenvalue weighted by Crippen LogP contribution is 2.24. The van der Waals surface area contributed by atoms with Gasteiger partial charge < -0.3 is 9.30 Å². The molecule has 1 aliphatic rings. The van der Waals surface area contributed by atoms with Gasteiger partial charge in [-0.3, -0.25) is 0 Å². The van der Waals surface area contributed by atoms with Gasteiger partial charge in [0.2, 0.25) is 5.82 Å². The van der Waals surface area contributed by atoms with Crippen molar-refractivity contribution in [2.24, 2.45) is 5.92 Å². The first-order valence-electron chi connectivity index (χ1n) is 6.37. The molecule has 0 radical (unpaired) electrons. The van der Waals surface area contributed by atoms with E-state index in [0.717, 1.165) is 12.4 Å². The number of carbonyl (C=O) groups excluding carboxylic acids is 1. The molecule has 1 aromatic rings. The molecule has 6 heteroatoms. The molecule has 0 saturated carbocycles. The maximum Gasteiger partial charge on any atom is 0.376 e. The number of aryl methyl sites for hydroxylation is 1. The fraction of sp³-hybridized carbons (Fsp3) is 0.750. The zero-order chi connectivity index (χ0) is 13.0. The van der Waals surface area contributed by atoms with Crippen LogP contribution in [0.1, 0.15) is 36.2 Å². The summed E-state index contributed by atoms with van der Waals surface area (Å²) in [6, 6.07) is 0. The van der Waals surface area contributed by atoms with Crippen molar-refractivity contribution in [3.63, 3.8) is 0 Å². The van der Waals surface area contributed by atoms with Crippen molar-refractivity contribution >= 4 is 17.7 Å². The first-order valence-corrected chi connectivity index (χ1v) is 7.52. The van der Waals surface area contributed by atoms with E-state index in [0.29, 0.717) is 18.3 Å². The Morgan fingerprint density at radius 3 is 2.83 bits per heavy atom. The summed E-state index contributed by atoms with van der Waals surface area (Å²) in [7, 11) is 0. The highest BCUT2D eigenvalue weighted by atomic mass is 32.2. The van der Waals surface area contributed by atoms with E-state index >= 15 is 0 Å². The molecular weight excluding hydrogens is 250 g/mol. The summed E-state index contributed by atoms with van der Waals surface area (Å²) in [5, 5.41) is 7.93. The van der Waals surface area contributed by atoms with Crippen molar-refractivity contribution in [2.45, 2.75) is 33.2 Å². The molecule has 0 aromatic carbocycles. The van der Waals surface area contributed by atoms with Gasteiger partial charge in [0.1, 0.15) is 5.82 Å². The number of aromatic nitrogens is 3. The molecule has 1 fully saturated rings. The number of thioether (sulfide) groups is 1. The molecule has 0 bridgehead atoms. The lowest BCUT2D eigenvalue weighted by Crippen LogP contribution is -2.21. The molecule has 0 amide bonds. The Labute approximate surface area is 111 Å². The lowest BCUT2D eigenvalue weighted by atomic mass is 10.0. The summed E-state index contributed by atoms with van der Waals surface area (Å²) in [6.45, 7) is 4.87. The first-order chi connectivity index (χ1) is 8.72. The predicted octanol–water partition coefficient (Wildman–Crippen LogP) is 1.91. The maximum absolute atomic E-state index is 11.8. The monoisotopic (exact) mass is 269 g/mol. The number of ether oxygens (including phenoxy) is 1. The zero-order valence-corrected chi connectivity index (χ0v) is 11.7. The summed E-state index contributed by atoms with van der Waals surface area (Å²) < 4.78 is 6.91. The van der Waals surface area contributed by atoms with Gasteiger partial charge in [-0.15, -0.1) is 10.2 Å². The molecule has 18 heavy (non-hydrogen) atoms. The van der Waals surface area contributed by atoms with Crippen LogP contribution < -0.4 is 0 Å². The van der Waals surface area contributed by atoms with Crippen LogP contribution in [0.2, 0.25) is 0 Å². The Bertz CT molecular complexity index is 413. The maximum atomic E-state index is 11.8. The third-order valence-corrected chi connectivity index (χ3v) is 4.22. The van der Waals surface area contributed by atoms with Gasteiger partial charge in [-0.25, -0.2) is 4.79 Å². The molecule has 100 valence electrons. The van der Waals surface area contributed by atoms with Gasteiger partial charge in [0.15, 0.2) is 0 Å². The molecule has 1 saturated heterocycles. The third kappa shape index (κ3) is 3.04. The molecule has 0 atom stereocenters. The van der Waals surface area contributed by atoms with Crippen molar-refractivity contribution in [3.8, 4) is 0 Å². The van der Waals surface area contributed by atoms with Crippen molar-refractivity contribution in [2.75, 3.05) is 18.1 Å². The summed E-state index contributed by atoms with van der Waals surface area (Å²) in [5.74, 6) is 3.79. The van der Waals surface area contributed by atoms with E-state index in [1.54, 1.807) is 6.92 Å². The predicted molar refractivity (Wildman–Crippen MR) is 70.8 cm³/mol. The molecule has 1 aliphatic heterocycles. The number of rotatable bonds is 4. The molecule has 0 unspecified atom stereocenters. The van der Waals surface area contributed by atoms with Gasteiger partial charge in [0.25, 0.3) is 0 Å². The van der Waals surface area contributed by atoms with Crippen LogP contribution in [0, 0.1) is 12.8 Å². The van der Waals surface area contributed by atoms with Crippen LogP contribution >= 0.6 is 11.8 Å². The summed E-state index contributed by atoms with van der Waals surface area (Å²) in [4.78, 5) is 11.8. The topological polar surface area (TPSA) is 57.0 Å². The van der Waals surface area contributed by atoms with Gasteiger partial charge in [-0.1, -0.05) is 0 Å². The molecular formula is C12H19N3O2S. The first kappa shape index (κ1) is 13.4. The van der Waals surface area contributed by atoms with Gasteiger partial charge in [-0.05, 0) is 44.1 Å². The van der Waals surface area contributed by atoms with Crippen LogP contribution in [0.4, 0.5) is 0 Å². The minimum atomic E-state index is -0.372. The lowest BCUT2D eigenvalue weighted by molar-refractivity contribution is 0.0504. The average Bonchev–Trinajstić information content (AvgIpc) is 2.73. The van der Waals surface area contributed by atoms with E-state index in [-0.39, 0.29) is 5.97 Å². The van der Waals surface area contributed by atoms with Gasteiger partial charge in [0.05, 0.1) is 6.61 Å². The Hall–Kier alpha value is -1.04. The van der Waals surface area contributed by atoms with Crippen LogP contribution in [0.15, 0.2) is 0 Å². The summed E-state index contributed by atoms with van der Waals surface area (Å²) >= 11 is 2.00. The van der Waals surface area contributed by atoms with E-state index in [4.69, 9.17) is 4.74 Å². The highest BCUT2D eigenvalue weighted by Gasteiger charge is 2.22. The van der Waals surface area contributed by atoms with Crippen LogP contribution in [-0.4, -0.2) is 38.8 Å². The van der Waals surface area contributed by atoms with Crippen molar-refractivity contribution < 1.29 is 9.53 Å². The number of nitrogens with zero attached hydrogens (tertiary/aromatic N) is 3. The Balaban J connectivity index is 2.10. The summed E-state index contributed by atoms with van der Waals surface area (Å²) in [5.41, 5.74) is 0. The number of hydrogen-bond acceptors (Lipinski definition) is 5. The number of carbonyl (C=O) groups is 1. The number of hydrogen-bond donors (Lipinski definition) is 0. The third-order valence-electron chi connectivity index (χ3n) is 3.18. The molecule has 5 nitrogen and oxygen atoms in total. The van der Waals surface area contributed by atoms with E-state index < -0.39 is 0 Å². The van der Waals surface area contributed by atoms with E-state index in [2.05, 4.69) is 10.2 Å². The SMILES string of the molecule is CCOC(=O)c1nnc(C)n1CC1CCSCC1. The largest absolute Gasteiger partial charge is 0.460 e. The van der Waals surface area contributed by atoms with Crippen LogP contribution in [-0.2, 0) is 11.3 Å². The Kier molecular flexibility index (Phi) is 4.63. The molecule has 0 aliphatic carbocycles. The van der Waals surface area contributed by atoms with E-state index in [1.807, 2.05) is 23.3 Å². The minimum Gasteiger partial charge on any atom is -0.460 e. The summed E-state index contributed by atoms with van der Waals surface area (Å²) in [6.07, 6.45) is 2.40. The molecule has 2 heterocycles. The normalized spacial score (nSPS) is 16.8. The average molecular weight is 269 g/mol. The fourth-order valence-electron chi connectivity index (χ4n) is 2.13. The highest BCUT2D eigenvalue weighted by molar-refractivity contribution is 7.99. The van der Waals surface area contributed by atoms with Gasteiger partial charge in [0, 0.05) is 6.54 Å². The molecule has 0 spiro atoms. The standard InChI is InChI=1S/C12H19N3O2S/c1-3-17-12(16)11-14-13-9(2)15(11)8-10-4-6-18-7-5-10/h10H,3-8H2,1-2H3. The molecule has 0 N–H and O–H groups in total. The smallest absolute Gasteiger partial charge is 0.376 e. The van der Waals surface area contributed by atoms with E-state index in [1.165, 1.54) is 24.3 Å². The number of esters is 1. The van der Waals surface area contributed by atoms with E-state index in [9.17, 15) is 4.79 Å². The van der Waals surface area contributed by atoms with Crippen LogP contribution in [0.25, 0.3) is 0 Å². The van der Waals surface area contributed by atoms with Crippen LogP contribution in [0.5, 0.6) is 0 Å². The van der Waals surface area contributed by atoms with Gasteiger partial charge in [-0.2, -0.15) is 11.8 Å². The minimum absolute atomic E-state index is 0.340. The zero-order valence-electron chi connectivity index (χ0n) is 10.9. The Morgan fingerprint density at radius 2 is 2.17 bits per heavy atom. The lowest BCUT2D eigenvalue weighted by Gasteiger charge is -2.22. The Morgan fingerprint density at radius 1 is 1.44 bits per heavy atom. The van der Waals surface area contributed by atoms with Crippen molar-refractivity contribution in [1.29, 1.82) is 0 Å². The molecule has 2 rings (SSSR count). The molecule has 1 aromatic heterocycles. The van der Waals surface area contributed by atoms with Crippen molar-refractivity contribution in [3.05, 3.63) is 11.6 Å². The van der Waals surface area contributed by atoms with Crippen molar-refractivity contribution in [1.82, 2.24) is 14.8 Å². The second-order valence-electron chi connectivity index (χ2n) is 4.46. The van der Waals surface area contributed by atoms with Gasteiger partial charge >= 0.3 is 5.97 Å². The fourth-order valence-corrected chi connectivity index (χ4v) is 3.34. The second-order valence-corrected chi connectivity index (χ2v) is 5.68. The quantitative estimate of drug-likeness (QED) is 0.781. The second kappa shape index (κ2) is 6.22. The van der Waals surface area contributed by atoms with Crippen LogP contribution in [0.3, 0.4) is 0 Å².